The maximum atomic E-state index is 9.43. The van der Waals surface area contributed by atoms with Crippen LogP contribution >= 0.6 is 0 Å². The highest BCUT2D eigenvalue weighted by atomic mass is 16.3. The first-order chi connectivity index (χ1) is 11.2. The van der Waals surface area contributed by atoms with E-state index in [0.29, 0.717) is 0 Å². The van der Waals surface area contributed by atoms with Gasteiger partial charge in [0.25, 0.3) is 0 Å². The lowest BCUT2D eigenvalue weighted by Crippen LogP contribution is -2.47. The molecule has 3 nitrogen and oxygen atoms in total. The van der Waals surface area contributed by atoms with Gasteiger partial charge >= 0.3 is 0 Å². The zero-order valence-corrected chi connectivity index (χ0v) is 17.9. The summed E-state index contributed by atoms with van der Waals surface area (Å²) in [4.78, 5) is 5.00. The van der Waals surface area contributed by atoms with E-state index in [0.717, 1.165) is 32.0 Å². The van der Waals surface area contributed by atoms with Gasteiger partial charge in [0.2, 0.25) is 0 Å². The van der Waals surface area contributed by atoms with Gasteiger partial charge < -0.3 is 14.9 Å². The highest BCUT2D eigenvalue weighted by Gasteiger charge is 2.26. The van der Waals surface area contributed by atoms with E-state index in [1.54, 1.807) is 0 Å². The Labute approximate surface area is 148 Å². The number of aliphatic hydroxyl groups is 1. The Hall–Kier alpha value is -0.120. The van der Waals surface area contributed by atoms with Crippen molar-refractivity contribution in [2.45, 2.75) is 99.6 Å². The second-order valence-corrected chi connectivity index (χ2v) is 5.51. The maximum Gasteiger partial charge on any atom is 0.0564 e. The molecular weight excluding hydrogens is 284 g/mol. The number of likely N-dealkylation sites (tertiary alicyclic amines) is 2. The standard InChI is InChI=1S/C11H22N2O.C3H8.3C2H6/c1-12-6-2-10(3-7-12)13-8-4-11(14)5-9-13;1-3-2;3*1-2/h10-11,14H,2-9H2,1H3;3H2,1-2H3;3*1-2H3. The van der Waals surface area contributed by atoms with Crippen LogP contribution in [-0.2, 0) is 0 Å². The normalized spacial score (nSPS) is 19.6. The van der Waals surface area contributed by atoms with Crippen molar-refractivity contribution in [1.29, 1.82) is 0 Å². The van der Waals surface area contributed by atoms with Gasteiger partial charge in [-0.1, -0.05) is 61.8 Å². The van der Waals surface area contributed by atoms with Crippen LogP contribution in [0.4, 0.5) is 0 Å². The first kappa shape index (κ1) is 27.7. The predicted molar refractivity (Wildman–Crippen MR) is 107 cm³/mol. The summed E-state index contributed by atoms with van der Waals surface area (Å²) < 4.78 is 0. The van der Waals surface area contributed by atoms with E-state index in [1.165, 1.54) is 32.4 Å². The fourth-order valence-electron chi connectivity index (χ4n) is 2.61. The van der Waals surface area contributed by atoms with Gasteiger partial charge in [-0.3, -0.25) is 0 Å². The summed E-state index contributed by atoms with van der Waals surface area (Å²) in [5.74, 6) is 0. The van der Waals surface area contributed by atoms with Gasteiger partial charge in [0, 0.05) is 19.1 Å². The van der Waals surface area contributed by atoms with Crippen molar-refractivity contribution in [1.82, 2.24) is 9.80 Å². The molecular formula is C20H48N2O. The van der Waals surface area contributed by atoms with Gasteiger partial charge in [-0.2, -0.15) is 0 Å². The monoisotopic (exact) mass is 332 g/mol. The topological polar surface area (TPSA) is 26.7 Å². The number of rotatable bonds is 1. The maximum absolute atomic E-state index is 9.43. The molecule has 2 heterocycles. The molecule has 0 aromatic heterocycles. The molecule has 3 heteroatoms. The highest BCUT2D eigenvalue weighted by molar-refractivity contribution is 4.82. The second-order valence-electron chi connectivity index (χ2n) is 5.51. The number of hydrogen-bond donors (Lipinski definition) is 1. The number of piperidine rings is 2. The molecule has 0 atom stereocenters. The SMILES string of the molecule is CC.CC.CC.CCC.CN1CCC(N2CCC(O)CC2)CC1. The first-order valence-corrected chi connectivity index (χ1v) is 10.3. The van der Waals surface area contributed by atoms with Crippen molar-refractivity contribution in [2.75, 3.05) is 33.2 Å². The van der Waals surface area contributed by atoms with E-state index in [4.69, 9.17) is 0 Å². The van der Waals surface area contributed by atoms with Crippen LogP contribution in [0.15, 0.2) is 0 Å². The minimum absolute atomic E-state index is 0.0301. The predicted octanol–water partition coefficient (Wildman–Crippen LogP) is 5.03. The van der Waals surface area contributed by atoms with Crippen LogP contribution in [0, 0.1) is 0 Å². The smallest absolute Gasteiger partial charge is 0.0564 e. The lowest BCUT2D eigenvalue weighted by atomic mass is 9.99. The third-order valence-corrected chi connectivity index (χ3v) is 3.70. The third kappa shape index (κ3) is 15.2. The molecule has 2 saturated heterocycles. The Bertz CT molecular complexity index is 164. The summed E-state index contributed by atoms with van der Waals surface area (Å²) in [6.45, 7) is 20.9. The molecule has 144 valence electrons. The van der Waals surface area contributed by atoms with Gasteiger partial charge in [0.05, 0.1) is 6.10 Å². The first-order valence-electron chi connectivity index (χ1n) is 10.3. The molecule has 0 bridgehead atoms. The van der Waals surface area contributed by atoms with Crippen LogP contribution in [-0.4, -0.2) is 60.3 Å². The van der Waals surface area contributed by atoms with Gasteiger partial charge in [-0.05, 0) is 45.8 Å². The third-order valence-electron chi connectivity index (χ3n) is 3.70. The van der Waals surface area contributed by atoms with Crippen molar-refractivity contribution in [2.24, 2.45) is 0 Å². The minimum atomic E-state index is -0.0301. The molecule has 2 aliphatic rings. The van der Waals surface area contributed by atoms with Crippen LogP contribution in [0.2, 0.25) is 0 Å². The van der Waals surface area contributed by atoms with Crippen LogP contribution in [0.3, 0.4) is 0 Å². The molecule has 2 fully saturated rings. The fourth-order valence-corrected chi connectivity index (χ4v) is 2.61. The molecule has 23 heavy (non-hydrogen) atoms. The summed E-state index contributed by atoms with van der Waals surface area (Å²) in [7, 11) is 2.20. The summed E-state index contributed by atoms with van der Waals surface area (Å²) in [6.07, 6.45) is 5.80. The molecule has 0 radical (unpaired) electrons. The largest absolute Gasteiger partial charge is 0.393 e. The van der Waals surface area contributed by atoms with Crippen LogP contribution in [0.1, 0.15) is 87.5 Å². The Kier molecular flexibility index (Phi) is 26.4. The average Bonchev–Trinajstić information content (AvgIpc) is 2.62. The molecule has 0 saturated carbocycles. The van der Waals surface area contributed by atoms with Gasteiger partial charge in [-0.25, -0.2) is 0 Å². The Morgan fingerprint density at radius 3 is 1.43 bits per heavy atom. The van der Waals surface area contributed by atoms with Crippen molar-refractivity contribution >= 4 is 0 Å². The number of hydrogen-bond acceptors (Lipinski definition) is 3. The highest BCUT2D eigenvalue weighted by Crippen LogP contribution is 2.20. The average molecular weight is 333 g/mol. The van der Waals surface area contributed by atoms with E-state index < -0.39 is 0 Å². The van der Waals surface area contributed by atoms with Gasteiger partial charge in [0.15, 0.2) is 0 Å². The van der Waals surface area contributed by atoms with Crippen LogP contribution < -0.4 is 0 Å². The van der Waals surface area contributed by atoms with Crippen molar-refractivity contribution in [3.63, 3.8) is 0 Å². The van der Waals surface area contributed by atoms with E-state index in [2.05, 4.69) is 30.7 Å². The summed E-state index contributed by atoms with van der Waals surface area (Å²) in [5.41, 5.74) is 0. The lowest BCUT2D eigenvalue weighted by Gasteiger charge is -2.40. The Morgan fingerprint density at radius 1 is 0.739 bits per heavy atom. The van der Waals surface area contributed by atoms with E-state index in [-0.39, 0.29) is 6.10 Å². The molecule has 2 rings (SSSR count). The molecule has 0 amide bonds. The van der Waals surface area contributed by atoms with Gasteiger partial charge in [-0.15, -0.1) is 0 Å². The van der Waals surface area contributed by atoms with Crippen LogP contribution in [0.25, 0.3) is 0 Å². The molecule has 2 aliphatic heterocycles. The van der Waals surface area contributed by atoms with E-state index in [1.807, 2.05) is 41.5 Å². The zero-order chi connectivity index (χ0) is 18.7. The van der Waals surface area contributed by atoms with E-state index in [9.17, 15) is 5.11 Å². The lowest BCUT2D eigenvalue weighted by molar-refractivity contribution is 0.0419. The van der Waals surface area contributed by atoms with Gasteiger partial charge in [0.1, 0.15) is 0 Å². The summed E-state index contributed by atoms with van der Waals surface area (Å²) >= 11 is 0. The Balaban J connectivity index is -0.000000382. The number of aliphatic hydroxyl groups excluding tert-OH is 1. The molecule has 0 aromatic carbocycles. The quantitative estimate of drug-likeness (QED) is 0.729. The zero-order valence-electron chi connectivity index (χ0n) is 17.9. The minimum Gasteiger partial charge on any atom is -0.393 e. The molecule has 0 unspecified atom stereocenters. The summed E-state index contributed by atoms with van der Waals surface area (Å²) in [5, 5.41) is 9.43. The fraction of sp³-hybridized carbons (Fsp3) is 1.00. The number of nitrogens with zero attached hydrogens (tertiary/aromatic N) is 2. The molecule has 0 aromatic rings. The van der Waals surface area contributed by atoms with Crippen molar-refractivity contribution in [3.8, 4) is 0 Å². The molecule has 1 N–H and O–H groups in total. The van der Waals surface area contributed by atoms with E-state index >= 15 is 0 Å². The van der Waals surface area contributed by atoms with Crippen molar-refractivity contribution in [3.05, 3.63) is 0 Å². The van der Waals surface area contributed by atoms with Crippen molar-refractivity contribution < 1.29 is 5.11 Å². The molecule has 0 spiro atoms. The van der Waals surface area contributed by atoms with Crippen LogP contribution in [0.5, 0.6) is 0 Å². The molecule has 0 aliphatic carbocycles. The second kappa shape index (κ2) is 21.9. The summed E-state index contributed by atoms with van der Waals surface area (Å²) in [6, 6.07) is 0.790. The Morgan fingerprint density at radius 2 is 1.09 bits per heavy atom.